The summed E-state index contributed by atoms with van der Waals surface area (Å²) in [4.78, 5) is 39.2. The predicted molar refractivity (Wildman–Crippen MR) is 95.1 cm³/mol. The highest BCUT2D eigenvalue weighted by molar-refractivity contribution is 5.97. The fourth-order valence-corrected chi connectivity index (χ4v) is 2.37. The normalized spacial score (nSPS) is 11.3. The third-order valence-electron chi connectivity index (χ3n) is 3.84. The average molecular weight is 382 g/mol. The molecule has 0 bridgehead atoms. The fourth-order valence-electron chi connectivity index (χ4n) is 2.37. The van der Waals surface area contributed by atoms with E-state index in [9.17, 15) is 19.6 Å². The Kier molecular flexibility index (Phi) is 9.59. The van der Waals surface area contributed by atoms with E-state index in [1.807, 2.05) is 6.92 Å². The molecule has 3 amide bonds. The average Bonchev–Trinajstić information content (AvgIpc) is 2.70. The van der Waals surface area contributed by atoms with Gasteiger partial charge in [0.1, 0.15) is 5.56 Å². The zero-order valence-electron chi connectivity index (χ0n) is 15.7. The van der Waals surface area contributed by atoms with Crippen molar-refractivity contribution in [3.05, 3.63) is 17.7 Å². The number of nitrogens with zero attached hydrogens (tertiary/aromatic N) is 2. The molecule has 1 aromatic heterocycles. The molecular formula is C17H26N4O6. The fraction of sp³-hybridized carbons (Fsp3) is 0.529. The highest BCUT2D eigenvalue weighted by Gasteiger charge is 2.22. The number of hydroxylamine groups is 2. The van der Waals surface area contributed by atoms with Crippen molar-refractivity contribution in [3.8, 4) is 11.8 Å². The van der Waals surface area contributed by atoms with Crippen LogP contribution in [0.3, 0.4) is 0 Å². The summed E-state index contributed by atoms with van der Waals surface area (Å²) in [6.07, 6.45) is 3.33. The van der Waals surface area contributed by atoms with Crippen LogP contribution in [-0.2, 0) is 9.59 Å². The third kappa shape index (κ3) is 7.10. The van der Waals surface area contributed by atoms with Gasteiger partial charge in [0.2, 0.25) is 24.1 Å². The van der Waals surface area contributed by atoms with Crippen LogP contribution in [0, 0.1) is 5.92 Å². The van der Waals surface area contributed by atoms with E-state index in [1.165, 1.54) is 26.4 Å². The molecule has 0 saturated heterocycles. The number of hydrazine groups is 1. The molecular weight excluding hydrogens is 356 g/mol. The molecule has 0 spiro atoms. The first kappa shape index (κ1) is 22.2. The van der Waals surface area contributed by atoms with Gasteiger partial charge < -0.3 is 9.47 Å². The van der Waals surface area contributed by atoms with Gasteiger partial charge in [0, 0.05) is 6.07 Å². The van der Waals surface area contributed by atoms with Crippen molar-refractivity contribution in [2.24, 2.45) is 5.92 Å². The molecule has 3 N–H and O–H groups in total. The first-order chi connectivity index (χ1) is 13.0. The molecule has 1 atom stereocenters. The van der Waals surface area contributed by atoms with Gasteiger partial charge in [-0.15, -0.1) is 0 Å². The Morgan fingerprint density at radius 1 is 1.26 bits per heavy atom. The molecule has 10 heteroatoms. The van der Waals surface area contributed by atoms with Gasteiger partial charge >= 0.3 is 0 Å². The number of rotatable bonds is 11. The second-order valence-electron chi connectivity index (χ2n) is 5.77. The topological polar surface area (TPSA) is 130 Å². The minimum Gasteiger partial charge on any atom is -0.481 e. The number of carbonyl (C=O) groups excluding carboxylic acids is 3. The van der Waals surface area contributed by atoms with Gasteiger partial charge in [0.05, 0.1) is 26.7 Å². The van der Waals surface area contributed by atoms with Crippen LogP contribution in [0.15, 0.2) is 12.1 Å². The molecule has 0 aliphatic heterocycles. The van der Waals surface area contributed by atoms with Gasteiger partial charge in [0.25, 0.3) is 5.91 Å². The minimum atomic E-state index is -0.664. The number of carbonyl (C=O) groups is 3. The summed E-state index contributed by atoms with van der Waals surface area (Å²) in [5, 5.41) is 9.78. The monoisotopic (exact) mass is 382 g/mol. The van der Waals surface area contributed by atoms with Crippen molar-refractivity contribution in [2.75, 3.05) is 20.8 Å². The van der Waals surface area contributed by atoms with Gasteiger partial charge in [-0.05, 0) is 12.5 Å². The molecule has 1 rings (SSSR count). The first-order valence-electron chi connectivity index (χ1n) is 8.56. The molecule has 0 fully saturated rings. The van der Waals surface area contributed by atoms with Gasteiger partial charge in [-0.3, -0.25) is 30.4 Å². The molecule has 0 aliphatic carbocycles. The number of hydrogen-bond donors (Lipinski definition) is 3. The highest BCUT2D eigenvalue weighted by Crippen LogP contribution is 2.19. The summed E-state index contributed by atoms with van der Waals surface area (Å²) >= 11 is 0. The van der Waals surface area contributed by atoms with Crippen LogP contribution >= 0.6 is 0 Å². The summed E-state index contributed by atoms with van der Waals surface area (Å²) in [6.45, 7) is 1.86. The lowest BCUT2D eigenvalue weighted by atomic mass is 10.0. The quantitative estimate of drug-likeness (QED) is 0.224. The molecule has 0 aliphatic rings. The minimum absolute atomic E-state index is 0.0445. The second-order valence-corrected chi connectivity index (χ2v) is 5.77. The van der Waals surface area contributed by atoms with E-state index in [0.717, 1.165) is 19.3 Å². The number of ether oxygens (including phenoxy) is 2. The van der Waals surface area contributed by atoms with E-state index in [0.29, 0.717) is 11.5 Å². The summed E-state index contributed by atoms with van der Waals surface area (Å²) in [7, 11) is 2.79. The van der Waals surface area contributed by atoms with Crippen LogP contribution in [0.25, 0.3) is 0 Å². The number of nitrogens with one attached hydrogen (secondary N) is 2. The van der Waals surface area contributed by atoms with Crippen molar-refractivity contribution >= 4 is 18.2 Å². The summed E-state index contributed by atoms with van der Waals surface area (Å²) in [6, 6.07) is 2.94. The number of pyridine rings is 1. The maximum absolute atomic E-state index is 12.3. The molecule has 10 nitrogen and oxygen atoms in total. The number of hydrogen-bond acceptors (Lipinski definition) is 7. The standard InChI is InChI=1S/C17H26N4O6/c1-4-5-6-7-12(10-21(25)11-22)15(23)19-20-16(24)13-8-9-14(26-2)18-17(13)27-3/h8-9,11-12,25H,4-7,10H2,1-3H3,(H,19,23)(H,20,24)/t12-/m1/s1. The van der Waals surface area contributed by atoms with E-state index < -0.39 is 17.7 Å². The number of methoxy groups -OCH3 is 2. The van der Waals surface area contributed by atoms with Gasteiger partial charge in [0.15, 0.2) is 0 Å². The Balaban J connectivity index is 2.73. The Hall–Kier alpha value is -2.88. The SMILES string of the molecule is CCCCC[C@H](CN(O)C=O)C(=O)NNC(=O)c1ccc(OC)nc1OC. The van der Waals surface area contributed by atoms with Crippen molar-refractivity contribution < 1.29 is 29.1 Å². The van der Waals surface area contributed by atoms with Crippen LogP contribution in [0.5, 0.6) is 11.8 Å². The van der Waals surface area contributed by atoms with Gasteiger partial charge in [-0.25, -0.2) is 5.06 Å². The van der Waals surface area contributed by atoms with E-state index in [-0.39, 0.29) is 30.3 Å². The number of amides is 3. The smallest absolute Gasteiger partial charge is 0.275 e. The van der Waals surface area contributed by atoms with E-state index in [1.54, 1.807) is 0 Å². The summed E-state index contributed by atoms with van der Waals surface area (Å²) in [5.41, 5.74) is 4.70. The Bertz CT molecular complexity index is 640. The van der Waals surface area contributed by atoms with Crippen molar-refractivity contribution in [1.29, 1.82) is 0 Å². The number of aromatic nitrogens is 1. The van der Waals surface area contributed by atoms with Crippen LogP contribution in [0.4, 0.5) is 0 Å². The van der Waals surface area contributed by atoms with Gasteiger partial charge in [-0.1, -0.05) is 26.2 Å². The number of unbranched alkanes of at least 4 members (excludes halogenated alkanes) is 2. The maximum Gasteiger partial charge on any atom is 0.275 e. The predicted octanol–water partition coefficient (Wildman–Crippen LogP) is 0.904. The van der Waals surface area contributed by atoms with Crippen LogP contribution in [0.2, 0.25) is 0 Å². The third-order valence-corrected chi connectivity index (χ3v) is 3.84. The zero-order chi connectivity index (χ0) is 20.2. The van der Waals surface area contributed by atoms with E-state index >= 15 is 0 Å². The van der Waals surface area contributed by atoms with Crippen molar-refractivity contribution in [1.82, 2.24) is 20.9 Å². The first-order valence-corrected chi connectivity index (χ1v) is 8.56. The molecule has 27 heavy (non-hydrogen) atoms. The van der Waals surface area contributed by atoms with Crippen molar-refractivity contribution in [3.63, 3.8) is 0 Å². The van der Waals surface area contributed by atoms with Crippen LogP contribution in [0.1, 0.15) is 43.0 Å². The molecule has 0 radical (unpaired) electrons. The molecule has 0 unspecified atom stereocenters. The highest BCUT2D eigenvalue weighted by atomic mass is 16.5. The molecule has 0 saturated carbocycles. The Labute approximate surface area is 157 Å². The van der Waals surface area contributed by atoms with E-state index in [4.69, 9.17) is 9.47 Å². The molecule has 150 valence electrons. The Morgan fingerprint density at radius 3 is 2.59 bits per heavy atom. The molecule has 1 aromatic rings. The van der Waals surface area contributed by atoms with E-state index in [2.05, 4.69) is 15.8 Å². The van der Waals surface area contributed by atoms with Crippen LogP contribution in [-0.4, -0.2) is 54.2 Å². The summed E-state index contributed by atoms with van der Waals surface area (Å²) in [5.74, 6) is -1.48. The molecule has 0 aromatic carbocycles. The lowest BCUT2D eigenvalue weighted by molar-refractivity contribution is -0.154. The lowest BCUT2D eigenvalue weighted by Gasteiger charge is -2.19. The zero-order valence-corrected chi connectivity index (χ0v) is 15.7. The van der Waals surface area contributed by atoms with Crippen molar-refractivity contribution in [2.45, 2.75) is 32.6 Å². The summed E-state index contributed by atoms with van der Waals surface area (Å²) < 4.78 is 10.0. The van der Waals surface area contributed by atoms with Gasteiger partial charge in [-0.2, -0.15) is 4.98 Å². The second kappa shape index (κ2) is 11.7. The van der Waals surface area contributed by atoms with Crippen LogP contribution < -0.4 is 20.3 Å². The molecule has 1 heterocycles. The largest absolute Gasteiger partial charge is 0.481 e. The maximum atomic E-state index is 12.3. The lowest BCUT2D eigenvalue weighted by Crippen LogP contribution is -2.47. The Morgan fingerprint density at radius 2 is 2.00 bits per heavy atom.